The van der Waals surface area contributed by atoms with Crippen molar-refractivity contribution in [2.75, 3.05) is 11.1 Å². The van der Waals surface area contributed by atoms with Crippen LogP contribution in [0.1, 0.15) is 34.8 Å². The van der Waals surface area contributed by atoms with Crippen LogP contribution in [0.4, 0.5) is 5.69 Å². The van der Waals surface area contributed by atoms with Crippen molar-refractivity contribution in [2.45, 2.75) is 25.5 Å². The average molecular weight is 343 g/mol. The summed E-state index contributed by atoms with van der Waals surface area (Å²) in [6.07, 6.45) is 1.11. The number of aliphatic carboxylic acids is 1. The SMILES string of the molecule is CCc1ccc(C(=O)Nc2cccc(CSCCC(=O)O)c2)cc1. The fourth-order valence-electron chi connectivity index (χ4n) is 2.18. The Hall–Kier alpha value is -2.27. The van der Waals surface area contributed by atoms with E-state index in [9.17, 15) is 9.59 Å². The highest BCUT2D eigenvalue weighted by atomic mass is 32.2. The maximum absolute atomic E-state index is 12.3. The molecule has 0 saturated carbocycles. The summed E-state index contributed by atoms with van der Waals surface area (Å²) >= 11 is 1.57. The largest absolute Gasteiger partial charge is 0.481 e. The van der Waals surface area contributed by atoms with Crippen molar-refractivity contribution in [3.8, 4) is 0 Å². The summed E-state index contributed by atoms with van der Waals surface area (Å²) in [6.45, 7) is 2.08. The number of rotatable bonds is 8. The molecule has 0 saturated heterocycles. The molecule has 2 rings (SSSR count). The van der Waals surface area contributed by atoms with Crippen LogP contribution in [0.3, 0.4) is 0 Å². The second-order valence-corrected chi connectivity index (χ2v) is 6.51. The van der Waals surface area contributed by atoms with Crippen molar-refractivity contribution in [1.29, 1.82) is 0 Å². The minimum absolute atomic E-state index is 0.131. The lowest BCUT2D eigenvalue weighted by atomic mass is 10.1. The predicted octanol–water partition coefficient (Wildman–Crippen LogP) is 4.21. The summed E-state index contributed by atoms with van der Waals surface area (Å²) in [5, 5.41) is 11.5. The molecule has 1 amide bonds. The molecule has 2 aromatic carbocycles. The van der Waals surface area contributed by atoms with Crippen molar-refractivity contribution < 1.29 is 14.7 Å². The van der Waals surface area contributed by atoms with Gasteiger partial charge in [0.1, 0.15) is 0 Å². The number of nitrogens with one attached hydrogen (secondary N) is 1. The van der Waals surface area contributed by atoms with Crippen LogP contribution < -0.4 is 5.32 Å². The maximum atomic E-state index is 12.3. The number of thioether (sulfide) groups is 1. The lowest BCUT2D eigenvalue weighted by Gasteiger charge is -2.08. The zero-order valence-corrected chi connectivity index (χ0v) is 14.4. The number of hydrogen-bond donors (Lipinski definition) is 2. The molecule has 24 heavy (non-hydrogen) atoms. The molecule has 2 aromatic rings. The monoisotopic (exact) mass is 343 g/mol. The van der Waals surface area contributed by atoms with Crippen LogP contribution >= 0.6 is 11.8 Å². The van der Waals surface area contributed by atoms with E-state index in [0.717, 1.165) is 23.4 Å². The van der Waals surface area contributed by atoms with Crippen molar-refractivity contribution in [2.24, 2.45) is 0 Å². The molecule has 5 heteroatoms. The van der Waals surface area contributed by atoms with Crippen LogP contribution in [0.5, 0.6) is 0 Å². The number of benzene rings is 2. The molecule has 0 atom stereocenters. The van der Waals surface area contributed by atoms with Gasteiger partial charge in [0.2, 0.25) is 0 Å². The first kappa shape index (κ1) is 18.1. The minimum atomic E-state index is -0.780. The Labute approximate surface area is 146 Å². The number of anilines is 1. The van der Waals surface area contributed by atoms with Crippen LogP contribution in [0.15, 0.2) is 48.5 Å². The molecule has 0 fully saturated rings. The predicted molar refractivity (Wildman–Crippen MR) is 98.6 cm³/mol. The number of amides is 1. The molecule has 0 bridgehead atoms. The van der Waals surface area contributed by atoms with Gasteiger partial charge < -0.3 is 10.4 Å². The van der Waals surface area contributed by atoms with E-state index in [-0.39, 0.29) is 12.3 Å². The highest BCUT2D eigenvalue weighted by Gasteiger charge is 2.06. The van der Waals surface area contributed by atoms with Crippen molar-refractivity contribution >= 4 is 29.3 Å². The smallest absolute Gasteiger partial charge is 0.304 e. The molecule has 126 valence electrons. The van der Waals surface area contributed by atoms with Gasteiger partial charge in [0, 0.05) is 22.8 Å². The second-order valence-electron chi connectivity index (χ2n) is 5.40. The molecule has 2 N–H and O–H groups in total. The molecule has 0 unspecified atom stereocenters. The van der Waals surface area contributed by atoms with Crippen LogP contribution in [-0.4, -0.2) is 22.7 Å². The van der Waals surface area contributed by atoms with E-state index in [1.807, 2.05) is 48.5 Å². The van der Waals surface area contributed by atoms with Gasteiger partial charge in [-0.05, 0) is 41.8 Å². The van der Waals surface area contributed by atoms with Gasteiger partial charge in [-0.3, -0.25) is 9.59 Å². The fourth-order valence-corrected chi connectivity index (χ4v) is 3.06. The Balaban J connectivity index is 1.92. The standard InChI is InChI=1S/C19H21NO3S/c1-2-14-6-8-16(9-7-14)19(23)20-17-5-3-4-15(12-17)13-24-11-10-18(21)22/h3-9,12H,2,10-11,13H2,1H3,(H,20,23)(H,21,22). The van der Waals surface area contributed by atoms with Gasteiger partial charge in [0.05, 0.1) is 6.42 Å². The van der Waals surface area contributed by atoms with Gasteiger partial charge in [-0.1, -0.05) is 31.2 Å². The molecule has 0 aliphatic heterocycles. The summed E-state index contributed by atoms with van der Waals surface area (Å²) in [4.78, 5) is 22.8. The van der Waals surface area contributed by atoms with E-state index in [1.54, 1.807) is 11.8 Å². The third-order valence-electron chi connectivity index (χ3n) is 3.54. The third-order valence-corrected chi connectivity index (χ3v) is 4.57. The molecule has 0 aromatic heterocycles. The van der Waals surface area contributed by atoms with Crippen molar-refractivity contribution in [3.05, 3.63) is 65.2 Å². The fraction of sp³-hybridized carbons (Fsp3) is 0.263. The minimum Gasteiger partial charge on any atom is -0.481 e. The normalized spacial score (nSPS) is 10.4. The topological polar surface area (TPSA) is 66.4 Å². The molecule has 0 heterocycles. The highest BCUT2D eigenvalue weighted by molar-refractivity contribution is 7.98. The second kappa shape index (κ2) is 9.13. The van der Waals surface area contributed by atoms with Crippen LogP contribution in [0, 0.1) is 0 Å². The molecule has 0 aliphatic carbocycles. The van der Waals surface area contributed by atoms with Gasteiger partial charge in [0.25, 0.3) is 5.91 Å². The zero-order valence-electron chi connectivity index (χ0n) is 13.6. The van der Waals surface area contributed by atoms with E-state index in [4.69, 9.17) is 5.11 Å². The first-order valence-electron chi connectivity index (χ1n) is 7.87. The summed E-state index contributed by atoms with van der Waals surface area (Å²) in [6, 6.07) is 15.2. The average Bonchev–Trinajstić information content (AvgIpc) is 2.59. The van der Waals surface area contributed by atoms with E-state index in [0.29, 0.717) is 11.3 Å². The van der Waals surface area contributed by atoms with Crippen LogP contribution in [-0.2, 0) is 17.0 Å². The van der Waals surface area contributed by atoms with Gasteiger partial charge in [-0.15, -0.1) is 0 Å². The number of aryl methyl sites for hydroxylation is 1. The third kappa shape index (κ3) is 5.74. The Morgan fingerprint density at radius 1 is 1.08 bits per heavy atom. The first-order chi connectivity index (χ1) is 11.6. The van der Waals surface area contributed by atoms with E-state index in [2.05, 4.69) is 12.2 Å². The number of carbonyl (C=O) groups excluding carboxylic acids is 1. The highest BCUT2D eigenvalue weighted by Crippen LogP contribution is 2.18. The molecule has 4 nitrogen and oxygen atoms in total. The lowest BCUT2D eigenvalue weighted by molar-refractivity contribution is -0.136. The van der Waals surface area contributed by atoms with Crippen molar-refractivity contribution in [3.63, 3.8) is 0 Å². The summed E-state index contributed by atoms with van der Waals surface area (Å²) in [5.41, 5.74) is 3.64. The van der Waals surface area contributed by atoms with E-state index < -0.39 is 5.97 Å². The van der Waals surface area contributed by atoms with Gasteiger partial charge in [0.15, 0.2) is 0 Å². The maximum Gasteiger partial charge on any atom is 0.304 e. The summed E-state index contributed by atoms with van der Waals surface area (Å²) in [5.74, 6) is 0.392. The molecule has 0 spiro atoms. The molecular formula is C19H21NO3S. The number of carbonyl (C=O) groups is 2. The first-order valence-corrected chi connectivity index (χ1v) is 9.02. The van der Waals surface area contributed by atoms with E-state index in [1.165, 1.54) is 5.56 Å². The quantitative estimate of drug-likeness (QED) is 0.705. The Kier molecular flexibility index (Phi) is 6.88. The zero-order chi connectivity index (χ0) is 17.4. The Morgan fingerprint density at radius 2 is 1.83 bits per heavy atom. The number of hydrogen-bond acceptors (Lipinski definition) is 3. The molecular weight excluding hydrogens is 322 g/mol. The van der Waals surface area contributed by atoms with Gasteiger partial charge in [-0.25, -0.2) is 0 Å². The number of carboxylic acids is 1. The van der Waals surface area contributed by atoms with Gasteiger partial charge in [-0.2, -0.15) is 11.8 Å². The summed E-state index contributed by atoms with van der Waals surface area (Å²) in [7, 11) is 0. The van der Waals surface area contributed by atoms with Crippen LogP contribution in [0.2, 0.25) is 0 Å². The molecule has 0 radical (unpaired) electrons. The van der Waals surface area contributed by atoms with Crippen molar-refractivity contribution in [1.82, 2.24) is 0 Å². The lowest BCUT2D eigenvalue weighted by Crippen LogP contribution is -2.11. The summed E-state index contributed by atoms with van der Waals surface area (Å²) < 4.78 is 0. The number of carboxylic acid groups (broad SMARTS) is 1. The van der Waals surface area contributed by atoms with Crippen LogP contribution in [0.25, 0.3) is 0 Å². The Bertz CT molecular complexity index is 698. The van der Waals surface area contributed by atoms with E-state index >= 15 is 0 Å². The van der Waals surface area contributed by atoms with Gasteiger partial charge >= 0.3 is 5.97 Å². The Morgan fingerprint density at radius 3 is 2.50 bits per heavy atom. The molecule has 0 aliphatic rings.